The molecule has 0 atom stereocenters. The summed E-state index contributed by atoms with van der Waals surface area (Å²) in [4.78, 5) is 27.4. The molecular formula is C23H28F2N6O3. The first-order chi connectivity index (χ1) is 16.1. The number of alkyl halides is 2. The van der Waals surface area contributed by atoms with Crippen LogP contribution < -0.4 is 10.2 Å². The van der Waals surface area contributed by atoms with Crippen molar-refractivity contribution in [2.45, 2.75) is 56.9 Å². The van der Waals surface area contributed by atoms with Gasteiger partial charge in [0, 0.05) is 50.3 Å². The van der Waals surface area contributed by atoms with Gasteiger partial charge in [-0.05, 0) is 38.2 Å². The number of aryl methyl sites for hydroxylation is 1. The molecule has 1 N–H and O–H groups in total. The first kappa shape index (κ1) is 22.7. The summed E-state index contributed by atoms with van der Waals surface area (Å²) < 4.78 is 34.5. The number of ether oxygens (including phenoxy) is 1. The molecule has 4 aliphatic rings. The monoisotopic (exact) mass is 474 g/mol. The number of amides is 1. The molecule has 0 spiro atoms. The molecule has 11 heteroatoms. The Morgan fingerprint density at radius 2 is 1.88 bits per heavy atom. The van der Waals surface area contributed by atoms with Gasteiger partial charge in [0.25, 0.3) is 5.91 Å². The second-order valence-electron chi connectivity index (χ2n) is 10.0. The highest BCUT2D eigenvalue weighted by Crippen LogP contribution is 2.67. The lowest BCUT2D eigenvalue weighted by molar-refractivity contribution is -0.199. The molecule has 4 fully saturated rings. The van der Waals surface area contributed by atoms with E-state index in [0.717, 1.165) is 0 Å². The summed E-state index contributed by atoms with van der Waals surface area (Å²) in [6.45, 7) is 2.25. The van der Waals surface area contributed by atoms with Crippen LogP contribution in [0.2, 0.25) is 0 Å². The van der Waals surface area contributed by atoms with Crippen molar-refractivity contribution >= 4 is 17.7 Å². The molecule has 0 unspecified atom stereocenters. The van der Waals surface area contributed by atoms with E-state index in [1.165, 1.54) is 7.11 Å². The second kappa shape index (κ2) is 7.71. The number of methoxy groups -OCH3 is 1. The number of anilines is 1. The van der Waals surface area contributed by atoms with Gasteiger partial charge in [0.15, 0.2) is 5.82 Å². The average Bonchev–Trinajstić information content (AvgIpc) is 3.08. The number of nitrogens with zero attached hydrogens (tertiary/aromatic N) is 5. The summed E-state index contributed by atoms with van der Waals surface area (Å²) in [7, 11) is 3.16. The highest BCUT2D eigenvalue weighted by atomic mass is 19.3. The predicted octanol–water partition coefficient (Wildman–Crippen LogP) is 2.64. The van der Waals surface area contributed by atoms with Crippen LogP contribution >= 0.6 is 0 Å². The summed E-state index contributed by atoms with van der Waals surface area (Å²) in [5.41, 5.74) is 1.24. The molecule has 3 saturated carbocycles. The molecule has 0 radical (unpaired) electrons. The largest absolute Gasteiger partial charge is 0.469 e. The van der Waals surface area contributed by atoms with E-state index in [0.29, 0.717) is 60.4 Å². The molecule has 1 saturated heterocycles. The molecular weight excluding hydrogens is 446 g/mol. The van der Waals surface area contributed by atoms with Gasteiger partial charge in [0.2, 0.25) is 5.92 Å². The molecule has 2 aromatic rings. The van der Waals surface area contributed by atoms with Crippen LogP contribution in [0.15, 0.2) is 12.4 Å². The summed E-state index contributed by atoms with van der Waals surface area (Å²) >= 11 is 0. The number of hydrogen-bond acceptors (Lipinski definition) is 7. The minimum absolute atomic E-state index is 0.0875. The summed E-state index contributed by atoms with van der Waals surface area (Å²) in [5.74, 6) is -2.99. The topological polar surface area (TPSA) is 102 Å². The zero-order valence-electron chi connectivity index (χ0n) is 19.5. The molecule has 34 heavy (non-hydrogen) atoms. The van der Waals surface area contributed by atoms with Crippen molar-refractivity contribution in [3.63, 3.8) is 0 Å². The van der Waals surface area contributed by atoms with E-state index < -0.39 is 16.9 Å². The van der Waals surface area contributed by atoms with Crippen LogP contribution in [0.5, 0.6) is 0 Å². The van der Waals surface area contributed by atoms with Gasteiger partial charge in [-0.15, -0.1) is 10.2 Å². The highest BCUT2D eigenvalue weighted by molar-refractivity contribution is 6.02. The molecule has 2 aromatic heterocycles. The van der Waals surface area contributed by atoms with Crippen LogP contribution in [0.1, 0.15) is 54.4 Å². The van der Waals surface area contributed by atoms with E-state index in [2.05, 4.69) is 20.6 Å². The van der Waals surface area contributed by atoms with Crippen LogP contribution in [0.3, 0.4) is 0 Å². The van der Waals surface area contributed by atoms with Gasteiger partial charge >= 0.3 is 5.97 Å². The molecule has 0 aromatic carbocycles. The third-order valence-corrected chi connectivity index (χ3v) is 7.45. The zero-order chi connectivity index (χ0) is 24.3. The minimum Gasteiger partial charge on any atom is -0.469 e. The van der Waals surface area contributed by atoms with Gasteiger partial charge in [-0.1, -0.05) is 0 Å². The SMILES string of the molecule is COC(=O)C12CC(NC(=O)c3c(N4CCCC(F)(F)CC4)nnc(-c4cnn(C)c4)c3C)(C1)C2. The third-order valence-electron chi connectivity index (χ3n) is 7.45. The summed E-state index contributed by atoms with van der Waals surface area (Å²) in [6.07, 6.45) is 4.85. The van der Waals surface area contributed by atoms with Crippen molar-refractivity contribution in [1.29, 1.82) is 0 Å². The quantitative estimate of drug-likeness (QED) is 0.665. The second-order valence-corrected chi connectivity index (χ2v) is 10.0. The van der Waals surface area contributed by atoms with Gasteiger partial charge in [0.05, 0.1) is 30.0 Å². The molecule has 6 rings (SSSR count). The Balaban J connectivity index is 1.47. The number of carbonyl (C=O) groups excluding carboxylic acids is 2. The first-order valence-corrected chi connectivity index (χ1v) is 11.5. The first-order valence-electron chi connectivity index (χ1n) is 11.5. The fourth-order valence-corrected chi connectivity index (χ4v) is 5.75. The normalized spacial score (nSPS) is 27.3. The summed E-state index contributed by atoms with van der Waals surface area (Å²) in [6, 6.07) is 0. The molecule has 182 valence electrons. The number of esters is 1. The Kier molecular flexibility index (Phi) is 5.14. The van der Waals surface area contributed by atoms with Gasteiger partial charge in [-0.2, -0.15) is 5.10 Å². The number of aromatic nitrogens is 4. The van der Waals surface area contributed by atoms with Crippen LogP contribution in [0, 0.1) is 12.3 Å². The Morgan fingerprint density at radius 1 is 1.15 bits per heavy atom. The number of hydrogen-bond donors (Lipinski definition) is 1. The van der Waals surface area contributed by atoms with Crippen molar-refractivity contribution in [2.75, 3.05) is 25.1 Å². The van der Waals surface area contributed by atoms with Crippen molar-refractivity contribution in [3.8, 4) is 11.3 Å². The summed E-state index contributed by atoms with van der Waals surface area (Å²) in [5, 5.41) is 16.0. The lowest BCUT2D eigenvalue weighted by Crippen LogP contribution is -2.77. The Bertz CT molecular complexity index is 1140. The van der Waals surface area contributed by atoms with Gasteiger partial charge < -0.3 is 15.0 Å². The third kappa shape index (κ3) is 3.61. The van der Waals surface area contributed by atoms with Crippen molar-refractivity contribution < 1.29 is 23.1 Å². The molecule has 2 bridgehead atoms. The van der Waals surface area contributed by atoms with Crippen LogP contribution in [0.25, 0.3) is 11.3 Å². The van der Waals surface area contributed by atoms with E-state index in [1.807, 2.05) is 0 Å². The number of nitrogens with one attached hydrogen (secondary N) is 1. The standard InChI is InChI=1S/C23H28F2N6O3/c1-14-16(19(32)27-22-11-21(12-22,13-22)20(33)34-3)18(31-7-4-5-23(24,25)6-8-31)29-28-17(14)15-9-26-30(2)10-15/h9-10H,4-8,11-13H2,1-3H3,(H,27,32). The van der Waals surface area contributed by atoms with E-state index >= 15 is 0 Å². The van der Waals surface area contributed by atoms with Crippen molar-refractivity contribution in [1.82, 2.24) is 25.3 Å². The number of carbonyl (C=O) groups is 2. The maximum atomic E-state index is 14.0. The maximum absolute atomic E-state index is 14.0. The lowest BCUT2D eigenvalue weighted by Gasteiger charge is -2.68. The van der Waals surface area contributed by atoms with E-state index in [9.17, 15) is 18.4 Å². The molecule has 3 heterocycles. The molecule has 9 nitrogen and oxygen atoms in total. The number of halogens is 2. The van der Waals surface area contributed by atoms with Crippen LogP contribution in [-0.2, 0) is 16.6 Å². The Hall–Kier alpha value is -3.11. The smallest absolute Gasteiger partial charge is 0.312 e. The van der Waals surface area contributed by atoms with Gasteiger partial charge in [0.1, 0.15) is 0 Å². The van der Waals surface area contributed by atoms with E-state index in [4.69, 9.17) is 4.74 Å². The van der Waals surface area contributed by atoms with Crippen LogP contribution in [-0.4, -0.2) is 63.5 Å². The Morgan fingerprint density at radius 3 is 2.53 bits per heavy atom. The van der Waals surface area contributed by atoms with Crippen molar-refractivity contribution in [2.24, 2.45) is 12.5 Å². The Labute approximate surface area is 195 Å². The van der Waals surface area contributed by atoms with Crippen molar-refractivity contribution in [3.05, 3.63) is 23.5 Å². The van der Waals surface area contributed by atoms with Gasteiger partial charge in [-0.25, -0.2) is 8.78 Å². The minimum atomic E-state index is -2.73. The fourth-order valence-electron chi connectivity index (χ4n) is 5.75. The lowest BCUT2D eigenvalue weighted by atomic mass is 9.39. The van der Waals surface area contributed by atoms with E-state index in [1.54, 1.807) is 35.9 Å². The predicted molar refractivity (Wildman–Crippen MR) is 118 cm³/mol. The highest BCUT2D eigenvalue weighted by Gasteiger charge is 2.73. The molecule has 1 aliphatic heterocycles. The van der Waals surface area contributed by atoms with Gasteiger partial charge in [-0.3, -0.25) is 14.3 Å². The molecule has 1 amide bonds. The zero-order valence-corrected chi connectivity index (χ0v) is 19.5. The van der Waals surface area contributed by atoms with Crippen LogP contribution in [0.4, 0.5) is 14.6 Å². The van der Waals surface area contributed by atoms with E-state index in [-0.39, 0.29) is 31.3 Å². The maximum Gasteiger partial charge on any atom is 0.312 e. The average molecular weight is 475 g/mol. The number of rotatable bonds is 5. The fraction of sp³-hybridized carbons (Fsp3) is 0.609. The molecule has 3 aliphatic carbocycles.